The van der Waals surface area contributed by atoms with Crippen molar-refractivity contribution in [3.8, 4) is 0 Å². The first kappa shape index (κ1) is 18.0. The molecule has 2 rings (SSSR count). The van der Waals surface area contributed by atoms with Crippen LogP contribution in [0.15, 0.2) is 10.4 Å². The summed E-state index contributed by atoms with van der Waals surface area (Å²) in [6.07, 6.45) is 0. The largest absolute Gasteiger partial charge is 0.383 e. The number of ketones is 1. The van der Waals surface area contributed by atoms with E-state index in [9.17, 15) is 4.79 Å². The molecule has 0 aliphatic carbocycles. The van der Waals surface area contributed by atoms with Crippen molar-refractivity contribution in [3.05, 3.63) is 23.0 Å². The predicted molar refractivity (Wildman–Crippen MR) is 95.0 cm³/mol. The van der Waals surface area contributed by atoms with E-state index in [0.717, 1.165) is 26.4 Å². The number of hydrogen-bond donors (Lipinski definition) is 1. The summed E-state index contributed by atoms with van der Waals surface area (Å²) >= 11 is 2.87. The highest BCUT2D eigenvalue weighted by atomic mass is 32.2. The molecule has 2 aromatic heterocycles. The quantitative estimate of drug-likeness (QED) is 0.580. The number of carbonyl (C=O) groups excluding carboxylic acids is 1. The summed E-state index contributed by atoms with van der Waals surface area (Å²) in [5.41, 5.74) is 2.84. The fourth-order valence-electron chi connectivity index (χ4n) is 2.63. The molecule has 6 nitrogen and oxygen atoms in total. The Balaban J connectivity index is 2.08. The second kappa shape index (κ2) is 7.94. The summed E-state index contributed by atoms with van der Waals surface area (Å²) in [7, 11) is 3.49. The third-order valence-corrected chi connectivity index (χ3v) is 5.65. The molecule has 0 saturated heterocycles. The molecule has 2 heterocycles. The van der Waals surface area contributed by atoms with Gasteiger partial charge in [0, 0.05) is 31.1 Å². The Labute approximate surface area is 144 Å². The van der Waals surface area contributed by atoms with Gasteiger partial charge in [0.2, 0.25) is 5.13 Å². The summed E-state index contributed by atoms with van der Waals surface area (Å²) in [5.74, 6) is 0.474. The first-order valence-corrected chi connectivity index (χ1v) is 9.12. The molecule has 0 aliphatic heterocycles. The first-order valence-electron chi connectivity index (χ1n) is 7.32. The molecule has 0 spiro atoms. The summed E-state index contributed by atoms with van der Waals surface area (Å²) in [6, 6.07) is 2.17. The number of thioether (sulfide) groups is 1. The molecule has 0 aliphatic rings. The molecule has 0 aromatic carbocycles. The molecule has 0 radical (unpaired) electrons. The Hall–Kier alpha value is -1.38. The highest BCUT2D eigenvalue weighted by Gasteiger charge is 2.19. The van der Waals surface area contributed by atoms with Gasteiger partial charge in [-0.05, 0) is 26.8 Å². The van der Waals surface area contributed by atoms with Crippen LogP contribution in [-0.4, -0.2) is 47.1 Å². The number of nitrogens with one attached hydrogen (secondary N) is 1. The lowest BCUT2D eigenvalue weighted by molar-refractivity contribution is 0.102. The van der Waals surface area contributed by atoms with Crippen molar-refractivity contribution in [1.29, 1.82) is 0 Å². The van der Waals surface area contributed by atoms with Gasteiger partial charge in [0.25, 0.3) is 0 Å². The van der Waals surface area contributed by atoms with E-state index >= 15 is 0 Å². The maximum Gasteiger partial charge on any atom is 0.206 e. The van der Waals surface area contributed by atoms with Crippen molar-refractivity contribution >= 4 is 34.0 Å². The van der Waals surface area contributed by atoms with Crippen LogP contribution in [0.1, 0.15) is 34.7 Å². The molecular weight excluding hydrogens is 332 g/mol. The number of ether oxygens (including phenoxy) is 1. The second-order valence-electron chi connectivity index (χ2n) is 5.29. The number of hydrogen-bond acceptors (Lipinski definition) is 7. The zero-order valence-electron chi connectivity index (χ0n) is 14.0. The van der Waals surface area contributed by atoms with Gasteiger partial charge in [-0.1, -0.05) is 23.1 Å². The number of carbonyl (C=O) groups is 1. The van der Waals surface area contributed by atoms with Crippen LogP contribution in [0.3, 0.4) is 0 Å². The number of aryl methyl sites for hydroxylation is 1. The van der Waals surface area contributed by atoms with E-state index in [0.29, 0.717) is 12.4 Å². The second-order valence-corrected chi connectivity index (χ2v) is 7.49. The highest BCUT2D eigenvalue weighted by molar-refractivity contribution is 8.01. The molecule has 0 fully saturated rings. The van der Waals surface area contributed by atoms with E-state index < -0.39 is 0 Å². The van der Waals surface area contributed by atoms with Gasteiger partial charge in [0.1, 0.15) is 0 Å². The molecule has 1 N–H and O–H groups in total. The monoisotopic (exact) mass is 354 g/mol. The van der Waals surface area contributed by atoms with Crippen LogP contribution in [0, 0.1) is 13.8 Å². The molecule has 0 saturated carbocycles. The van der Waals surface area contributed by atoms with Crippen molar-refractivity contribution in [3.63, 3.8) is 0 Å². The summed E-state index contributed by atoms with van der Waals surface area (Å²) < 4.78 is 8.18. The van der Waals surface area contributed by atoms with Crippen molar-refractivity contribution in [2.45, 2.75) is 31.2 Å². The first-order chi connectivity index (χ1) is 11.0. The number of methoxy groups -OCH3 is 1. The van der Waals surface area contributed by atoms with Gasteiger partial charge in [-0.25, -0.2) is 0 Å². The van der Waals surface area contributed by atoms with Gasteiger partial charge in [-0.15, -0.1) is 10.2 Å². The lowest BCUT2D eigenvalue weighted by Crippen LogP contribution is -2.14. The van der Waals surface area contributed by atoms with Crippen LogP contribution in [0.4, 0.5) is 5.13 Å². The van der Waals surface area contributed by atoms with Crippen LogP contribution in [0.25, 0.3) is 0 Å². The van der Waals surface area contributed by atoms with Gasteiger partial charge in [-0.3, -0.25) is 4.79 Å². The molecule has 8 heteroatoms. The topological polar surface area (TPSA) is 69.0 Å². The van der Waals surface area contributed by atoms with Crippen molar-refractivity contribution in [2.24, 2.45) is 0 Å². The van der Waals surface area contributed by atoms with Crippen LogP contribution < -0.4 is 5.32 Å². The summed E-state index contributed by atoms with van der Waals surface area (Å²) in [6.45, 7) is 6.72. The lowest BCUT2D eigenvalue weighted by Gasteiger charge is -2.17. The van der Waals surface area contributed by atoms with Gasteiger partial charge in [0.15, 0.2) is 10.1 Å². The van der Waals surface area contributed by atoms with E-state index in [-0.39, 0.29) is 11.8 Å². The van der Waals surface area contributed by atoms with Crippen LogP contribution in [0.5, 0.6) is 0 Å². The van der Waals surface area contributed by atoms with E-state index in [4.69, 9.17) is 4.74 Å². The van der Waals surface area contributed by atoms with Crippen molar-refractivity contribution in [2.75, 3.05) is 31.8 Å². The zero-order valence-corrected chi connectivity index (χ0v) is 15.7. The normalized spacial score (nSPS) is 12.4. The Kier molecular flexibility index (Phi) is 6.20. The van der Waals surface area contributed by atoms with Gasteiger partial charge >= 0.3 is 0 Å². The predicted octanol–water partition coefficient (Wildman–Crippen LogP) is 3.18. The van der Waals surface area contributed by atoms with E-state index in [2.05, 4.69) is 27.0 Å². The average Bonchev–Trinajstić information content (AvgIpc) is 3.09. The van der Waals surface area contributed by atoms with E-state index in [1.54, 1.807) is 14.2 Å². The Morgan fingerprint density at radius 2 is 2.22 bits per heavy atom. The molecule has 23 heavy (non-hydrogen) atoms. The molecule has 2 aromatic rings. The van der Waals surface area contributed by atoms with Crippen molar-refractivity contribution in [1.82, 2.24) is 14.8 Å². The van der Waals surface area contributed by atoms with Crippen LogP contribution in [0.2, 0.25) is 0 Å². The smallest absolute Gasteiger partial charge is 0.206 e. The summed E-state index contributed by atoms with van der Waals surface area (Å²) in [4.78, 5) is 12.5. The van der Waals surface area contributed by atoms with E-state index in [1.807, 2.05) is 19.9 Å². The number of rotatable bonds is 8. The Morgan fingerprint density at radius 1 is 1.48 bits per heavy atom. The molecule has 0 amide bonds. The van der Waals surface area contributed by atoms with Crippen LogP contribution >= 0.6 is 23.1 Å². The Bertz CT molecular complexity index is 681. The minimum absolute atomic E-state index is 0.111. The fourth-order valence-corrected chi connectivity index (χ4v) is 4.22. The van der Waals surface area contributed by atoms with Gasteiger partial charge in [0.05, 0.1) is 18.4 Å². The number of Topliss-reactive ketones (excluding diaryl/α,β-unsaturated/α-hetero) is 1. The third-order valence-electron chi connectivity index (χ3n) is 3.58. The van der Waals surface area contributed by atoms with Gasteiger partial charge in [-0.2, -0.15) is 0 Å². The third kappa shape index (κ3) is 4.13. The standard InChI is InChI=1S/C15H22N4O2S2/c1-9-6-12(11(3)19(9)10(2)7-21-5)13(20)8-22-15-18-17-14(16-4)23-15/h6,10H,7-8H2,1-5H3,(H,16,17)/t10-/m0/s1. The number of aromatic nitrogens is 3. The number of nitrogens with zero attached hydrogens (tertiary/aromatic N) is 3. The van der Waals surface area contributed by atoms with Crippen LogP contribution in [-0.2, 0) is 4.74 Å². The highest BCUT2D eigenvalue weighted by Crippen LogP contribution is 2.27. The number of anilines is 1. The Morgan fingerprint density at radius 3 is 2.83 bits per heavy atom. The summed E-state index contributed by atoms with van der Waals surface area (Å²) in [5, 5.41) is 11.7. The maximum absolute atomic E-state index is 12.5. The fraction of sp³-hybridized carbons (Fsp3) is 0.533. The molecule has 0 unspecified atom stereocenters. The average molecular weight is 355 g/mol. The minimum Gasteiger partial charge on any atom is -0.383 e. The van der Waals surface area contributed by atoms with Crippen molar-refractivity contribution < 1.29 is 9.53 Å². The minimum atomic E-state index is 0.111. The molecular formula is C15H22N4O2S2. The van der Waals surface area contributed by atoms with E-state index in [1.165, 1.54) is 23.1 Å². The molecule has 0 bridgehead atoms. The zero-order chi connectivity index (χ0) is 17.0. The SMILES string of the molecule is CNc1nnc(SCC(=O)c2cc(C)n([C@@H](C)COC)c2C)s1. The molecule has 1 atom stereocenters. The maximum atomic E-state index is 12.5. The van der Waals surface area contributed by atoms with Gasteiger partial charge < -0.3 is 14.6 Å². The lowest BCUT2D eigenvalue weighted by atomic mass is 10.2. The molecule has 126 valence electrons.